The van der Waals surface area contributed by atoms with Crippen molar-refractivity contribution in [2.24, 2.45) is 5.73 Å². The monoisotopic (exact) mass is 315 g/mol. The lowest BCUT2D eigenvalue weighted by Crippen LogP contribution is -2.44. The van der Waals surface area contributed by atoms with Crippen molar-refractivity contribution >= 4 is 28.7 Å². The number of pyridine rings is 1. The van der Waals surface area contributed by atoms with Crippen molar-refractivity contribution < 1.29 is 19.1 Å². The van der Waals surface area contributed by atoms with Gasteiger partial charge in [0.15, 0.2) is 0 Å². The topological polar surface area (TPSA) is 111 Å². The summed E-state index contributed by atoms with van der Waals surface area (Å²) in [5.41, 5.74) is 6.15. The second-order valence-electron chi connectivity index (χ2n) is 4.92. The Labute approximate surface area is 132 Å². The summed E-state index contributed by atoms with van der Waals surface area (Å²) in [6.45, 7) is 0. The van der Waals surface area contributed by atoms with Crippen LogP contribution in [0.5, 0.6) is 0 Å². The molecule has 1 heterocycles. The number of ether oxygens (including phenoxy) is 1. The number of aromatic nitrogens is 1. The van der Waals surface area contributed by atoms with Gasteiger partial charge in [-0.2, -0.15) is 0 Å². The zero-order valence-electron chi connectivity index (χ0n) is 12.6. The Hall–Kier alpha value is -2.96. The normalized spacial score (nSPS) is 11.7. The molecular weight excluding hydrogens is 298 g/mol. The number of methoxy groups -OCH3 is 1. The van der Waals surface area contributed by atoms with Gasteiger partial charge in [-0.3, -0.25) is 19.4 Å². The maximum atomic E-state index is 12.4. The van der Waals surface area contributed by atoms with Crippen LogP contribution in [0.4, 0.5) is 0 Å². The van der Waals surface area contributed by atoms with E-state index in [4.69, 9.17) is 5.73 Å². The molecule has 0 unspecified atom stereocenters. The standard InChI is InChI=1S/C16H17N3O4/c1-23-13(20)8-7-12(15(17)21)19-16(22)11-6-2-4-10-5-3-9-18-14(10)11/h2-6,9,12H,7-8H2,1H3,(H2,17,21)(H,19,22)/t12-/m0/s1. The van der Waals surface area contributed by atoms with Crippen LogP contribution in [0.2, 0.25) is 0 Å². The molecule has 0 saturated carbocycles. The minimum absolute atomic E-state index is 0.0157. The number of amides is 2. The van der Waals surface area contributed by atoms with E-state index in [0.717, 1.165) is 5.39 Å². The van der Waals surface area contributed by atoms with Gasteiger partial charge in [-0.1, -0.05) is 18.2 Å². The first-order valence-corrected chi connectivity index (χ1v) is 7.03. The van der Waals surface area contributed by atoms with Crippen molar-refractivity contribution in [1.29, 1.82) is 0 Å². The van der Waals surface area contributed by atoms with Crippen LogP contribution in [0.1, 0.15) is 23.2 Å². The van der Waals surface area contributed by atoms with E-state index in [1.54, 1.807) is 24.4 Å². The van der Waals surface area contributed by atoms with Crippen molar-refractivity contribution in [2.75, 3.05) is 7.11 Å². The van der Waals surface area contributed by atoms with E-state index in [1.165, 1.54) is 7.11 Å². The Balaban J connectivity index is 2.17. The Morgan fingerprint density at radius 2 is 2.00 bits per heavy atom. The fourth-order valence-corrected chi connectivity index (χ4v) is 2.17. The molecule has 1 aromatic carbocycles. The molecule has 23 heavy (non-hydrogen) atoms. The van der Waals surface area contributed by atoms with Crippen LogP contribution < -0.4 is 11.1 Å². The van der Waals surface area contributed by atoms with Crippen LogP contribution in [0.15, 0.2) is 36.5 Å². The van der Waals surface area contributed by atoms with Gasteiger partial charge in [0.2, 0.25) is 5.91 Å². The first-order valence-electron chi connectivity index (χ1n) is 7.03. The molecule has 0 fully saturated rings. The third-order valence-electron chi connectivity index (χ3n) is 3.39. The molecule has 0 spiro atoms. The first kappa shape index (κ1) is 16.4. The summed E-state index contributed by atoms with van der Waals surface area (Å²) >= 11 is 0. The van der Waals surface area contributed by atoms with Crippen LogP contribution in [0.25, 0.3) is 10.9 Å². The quantitative estimate of drug-likeness (QED) is 0.765. The number of carbonyl (C=O) groups excluding carboxylic acids is 3. The SMILES string of the molecule is COC(=O)CC[C@H](NC(=O)c1cccc2cccnc12)C(N)=O. The Morgan fingerprint density at radius 3 is 2.70 bits per heavy atom. The highest BCUT2D eigenvalue weighted by atomic mass is 16.5. The van der Waals surface area contributed by atoms with Gasteiger partial charge < -0.3 is 15.8 Å². The molecule has 0 aliphatic heterocycles. The van der Waals surface area contributed by atoms with E-state index in [2.05, 4.69) is 15.0 Å². The zero-order chi connectivity index (χ0) is 16.8. The van der Waals surface area contributed by atoms with E-state index in [9.17, 15) is 14.4 Å². The molecular formula is C16H17N3O4. The molecule has 2 amide bonds. The van der Waals surface area contributed by atoms with Crippen LogP contribution >= 0.6 is 0 Å². The van der Waals surface area contributed by atoms with Gasteiger partial charge in [-0.15, -0.1) is 0 Å². The highest BCUT2D eigenvalue weighted by Gasteiger charge is 2.21. The summed E-state index contributed by atoms with van der Waals surface area (Å²) in [6.07, 6.45) is 1.64. The Kier molecular flexibility index (Phi) is 5.24. The van der Waals surface area contributed by atoms with E-state index in [0.29, 0.717) is 11.1 Å². The maximum Gasteiger partial charge on any atom is 0.305 e. The fourth-order valence-electron chi connectivity index (χ4n) is 2.17. The summed E-state index contributed by atoms with van der Waals surface area (Å²) < 4.78 is 4.51. The first-order chi connectivity index (χ1) is 11.0. The van der Waals surface area contributed by atoms with Crippen LogP contribution in [0.3, 0.4) is 0 Å². The van der Waals surface area contributed by atoms with E-state index in [-0.39, 0.29) is 12.8 Å². The minimum atomic E-state index is -0.958. The van der Waals surface area contributed by atoms with Gasteiger partial charge in [-0.25, -0.2) is 0 Å². The average molecular weight is 315 g/mol. The van der Waals surface area contributed by atoms with Gasteiger partial charge in [0.25, 0.3) is 5.91 Å². The van der Waals surface area contributed by atoms with Gasteiger partial charge in [0.1, 0.15) is 6.04 Å². The van der Waals surface area contributed by atoms with E-state index >= 15 is 0 Å². The molecule has 0 aliphatic rings. The molecule has 7 nitrogen and oxygen atoms in total. The van der Waals surface area contributed by atoms with Crippen molar-refractivity contribution in [1.82, 2.24) is 10.3 Å². The largest absolute Gasteiger partial charge is 0.469 e. The third kappa shape index (κ3) is 4.03. The van der Waals surface area contributed by atoms with Crippen molar-refractivity contribution in [3.63, 3.8) is 0 Å². The average Bonchev–Trinajstić information content (AvgIpc) is 2.57. The van der Waals surface area contributed by atoms with Crippen molar-refractivity contribution in [2.45, 2.75) is 18.9 Å². The van der Waals surface area contributed by atoms with Gasteiger partial charge >= 0.3 is 5.97 Å². The predicted octanol–water partition coefficient (Wildman–Crippen LogP) is 0.772. The predicted molar refractivity (Wildman–Crippen MR) is 83.4 cm³/mol. The number of hydrogen-bond acceptors (Lipinski definition) is 5. The highest BCUT2D eigenvalue weighted by Crippen LogP contribution is 2.16. The number of primary amides is 1. The van der Waals surface area contributed by atoms with Crippen molar-refractivity contribution in [3.8, 4) is 0 Å². The Bertz CT molecular complexity index is 740. The number of benzene rings is 1. The molecule has 2 aromatic rings. The molecule has 0 saturated heterocycles. The second kappa shape index (κ2) is 7.35. The lowest BCUT2D eigenvalue weighted by atomic mass is 10.1. The molecule has 0 bridgehead atoms. The minimum Gasteiger partial charge on any atom is -0.469 e. The number of carbonyl (C=O) groups is 3. The number of para-hydroxylation sites is 1. The van der Waals surface area contributed by atoms with Crippen LogP contribution in [-0.2, 0) is 14.3 Å². The van der Waals surface area contributed by atoms with Gasteiger partial charge in [0.05, 0.1) is 18.2 Å². The third-order valence-corrected chi connectivity index (χ3v) is 3.39. The summed E-state index contributed by atoms with van der Waals surface area (Å²) in [5, 5.41) is 3.35. The highest BCUT2D eigenvalue weighted by molar-refractivity contribution is 6.06. The summed E-state index contributed by atoms with van der Waals surface area (Å²) in [7, 11) is 1.25. The number of rotatable bonds is 6. The number of nitrogens with one attached hydrogen (secondary N) is 1. The molecule has 120 valence electrons. The molecule has 1 atom stereocenters. The van der Waals surface area contributed by atoms with Crippen LogP contribution in [-0.4, -0.2) is 35.9 Å². The summed E-state index contributed by atoms with van der Waals surface area (Å²) in [5.74, 6) is -1.66. The molecule has 0 radical (unpaired) electrons. The molecule has 0 aliphatic carbocycles. The fraction of sp³-hybridized carbons (Fsp3) is 0.250. The molecule has 3 N–H and O–H groups in total. The summed E-state index contributed by atoms with van der Waals surface area (Å²) in [4.78, 5) is 39.2. The Morgan fingerprint density at radius 1 is 1.26 bits per heavy atom. The number of hydrogen-bond donors (Lipinski definition) is 2. The lowest BCUT2D eigenvalue weighted by molar-refractivity contribution is -0.140. The van der Waals surface area contributed by atoms with Crippen molar-refractivity contribution in [3.05, 3.63) is 42.1 Å². The van der Waals surface area contributed by atoms with Crippen LogP contribution in [0, 0.1) is 0 Å². The van der Waals surface area contributed by atoms with E-state index < -0.39 is 23.8 Å². The zero-order valence-corrected chi connectivity index (χ0v) is 12.6. The van der Waals surface area contributed by atoms with Gasteiger partial charge in [0, 0.05) is 18.0 Å². The smallest absolute Gasteiger partial charge is 0.305 e. The summed E-state index contributed by atoms with van der Waals surface area (Å²) in [6, 6.07) is 7.83. The molecule has 2 rings (SSSR count). The lowest BCUT2D eigenvalue weighted by Gasteiger charge is -2.15. The number of nitrogens with two attached hydrogens (primary N) is 1. The maximum absolute atomic E-state index is 12.4. The van der Waals surface area contributed by atoms with E-state index in [1.807, 2.05) is 12.1 Å². The molecule has 1 aromatic heterocycles. The second-order valence-corrected chi connectivity index (χ2v) is 4.92. The molecule has 7 heteroatoms. The van der Waals surface area contributed by atoms with Gasteiger partial charge in [-0.05, 0) is 18.6 Å². The number of esters is 1. The number of nitrogens with zero attached hydrogens (tertiary/aromatic N) is 1. The number of fused-ring (bicyclic) bond motifs is 1.